The van der Waals surface area contributed by atoms with Gasteiger partial charge in [0.2, 0.25) is 0 Å². The predicted octanol–water partition coefficient (Wildman–Crippen LogP) is 3.34. The van der Waals surface area contributed by atoms with Gasteiger partial charge in [-0.1, -0.05) is 42.5 Å². The lowest BCUT2D eigenvalue weighted by molar-refractivity contribution is -0.161. The summed E-state index contributed by atoms with van der Waals surface area (Å²) < 4.78 is 10.4. The number of ether oxygens (including phenoxy) is 1. The number of benzene rings is 2. The highest BCUT2D eigenvalue weighted by molar-refractivity contribution is 6.20. The summed E-state index contributed by atoms with van der Waals surface area (Å²) in [6.45, 7) is 2.88. The SMILES string of the molecule is [B]ON1CCC2(CC1)OC(=O)C(c1cc(-c3ccccc3)ccc1C)=C2O. The van der Waals surface area contributed by atoms with Gasteiger partial charge in [-0.2, -0.15) is 0 Å². The first-order chi connectivity index (χ1) is 13.0. The Bertz CT molecular complexity index is 902. The number of aryl methyl sites for hydroxylation is 1. The summed E-state index contributed by atoms with van der Waals surface area (Å²) in [7, 11) is 5.21. The van der Waals surface area contributed by atoms with Crippen LogP contribution < -0.4 is 0 Å². The molecule has 0 bridgehead atoms. The van der Waals surface area contributed by atoms with Crippen molar-refractivity contribution in [2.24, 2.45) is 0 Å². The Morgan fingerprint density at radius 1 is 1.11 bits per heavy atom. The Kier molecular flexibility index (Phi) is 4.54. The number of aliphatic hydroxyl groups is 1. The van der Waals surface area contributed by atoms with Crippen molar-refractivity contribution in [3.8, 4) is 11.1 Å². The molecule has 2 radical (unpaired) electrons. The Hall–Kier alpha value is -2.57. The van der Waals surface area contributed by atoms with Crippen LogP contribution in [0.2, 0.25) is 0 Å². The molecule has 27 heavy (non-hydrogen) atoms. The largest absolute Gasteiger partial charge is 0.507 e. The third kappa shape index (κ3) is 3.05. The highest BCUT2D eigenvalue weighted by Crippen LogP contribution is 2.44. The van der Waals surface area contributed by atoms with Gasteiger partial charge in [0.15, 0.2) is 11.4 Å². The fourth-order valence-corrected chi connectivity index (χ4v) is 3.83. The Balaban J connectivity index is 1.75. The van der Waals surface area contributed by atoms with Gasteiger partial charge in [-0.25, -0.2) is 9.86 Å². The summed E-state index contributed by atoms with van der Waals surface area (Å²) in [5, 5.41) is 12.6. The van der Waals surface area contributed by atoms with E-state index in [9.17, 15) is 9.90 Å². The molecule has 2 aromatic rings. The number of aliphatic hydroxyl groups excluding tert-OH is 1. The number of hydroxylamine groups is 2. The van der Waals surface area contributed by atoms with Crippen molar-refractivity contribution in [2.45, 2.75) is 25.4 Å². The zero-order chi connectivity index (χ0) is 19.0. The molecule has 1 spiro atoms. The van der Waals surface area contributed by atoms with E-state index in [2.05, 4.69) is 0 Å². The molecule has 0 aromatic heterocycles. The van der Waals surface area contributed by atoms with Gasteiger partial charge in [0.1, 0.15) is 5.57 Å². The first-order valence-corrected chi connectivity index (χ1v) is 8.99. The average molecular weight is 361 g/mol. The highest BCUT2D eigenvalue weighted by Gasteiger charge is 2.50. The number of carbonyl (C=O) groups is 1. The van der Waals surface area contributed by atoms with Crippen LogP contribution in [0.15, 0.2) is 54.3 Å². The van der Waals surface area contributed by atoms with Crippen molar-refractivity contribution >= 4 is 19.6 Å². The molecule has 0 amide bonds. The summed E-state index contributed by atoms with van der Waals surface area (Å²) >= 11 is 0. The lowest BCUT2D eigenvalue weighted by Crippen LogP contribution is -2.45. The molecule has 0 saturated carbocycles. The number of carbonyl (C=O) groups excluding carboxylic acids is 1. The standard InChI is InChI=1S/C21H20BNO4/c1-14-7-8-16(15-5-3-2-4-6-15)13-17(14)18-19(24)21(26-20(18)25)9-11-23(27-22)12-10-21/h2-8,13,24H,9-12H2,1H3. The first kappa shape index (κ1) is 17.8. The first-order valence-electron chi connectivity index (χ1n) is 8.99. The predicted molar refractivity (Wildman–Crippen MR) is 103 cm³/mol. The van der Waals surface area contributed by atoms with Crippen LogP contribution in [0.3, 0.4) is 0 Å². The van der Waals surface area contributed by atoms with Crippen molar-refractivity contribution in [2.75, 3.05) is 13.1 Å². The van der Waals surface area contributed by atoms with Crippen LogP contribution in [-0.4, -0.2) is 42.9 Å². The maximum Gasteiger partial charge on any atom is 0.343 e. The van der Waals surface area contributed by atoms with E-state index in [4.69, 9.17) is 17.5 Å². The topological polar surface area (TPSA) is 59.0 Å². The van der Waals surface area contributed by atoms with Gasteiger partial charge in [-0.15, -0.1) is 0 Å². The minimum Gasteiger partial charge on any atom is -0.507 e. The molecule has 1 saturated heterocycles. The number of rotatable bonds is 3. The molecule has 1 N–H and O–H groups in total. The van der Waals surface area contributed by atoms with Crippen LogP contribution >= 0.6 is 0 Å². The summed E-state index contributed by atoms with van der Waals surface area (Å²) in [6.07, 6.45) is 0.866. The third-order valence-corrected chi connectivity index (χ3v) is 5.45. The minimum absolute atomic E-state index is 0.0116. The third-order valence-electron chi connectivity index (χ3n) is 5.45. The van der Waals surface area contributed by atoms with Crippen LogP contribution in [0.1, 0.15) is 24.0 Å². The number of piperidine rings is 1. The number of hydrogen-bond donors (Lipinski definition) is 1. The summed E-state index contributed by atoms with van der Waals surface area (Å²) in [6, 6.07) is 15.8. The zero-order valence-corrected chi connectivity index (χ0v) is 15.1. The summed E-state index contributed by atoms with van der Waals surface area (Å²) in [5.41, 5.74) is 2.91. The monoisotopic (exact) mass is 361 g/mol. The molecule has 5 nitrogen and oxygen atoms in total. The van der Waals surface area contributed by atoms with Crippen molar-refractivity contribution in [3.63, 3.8) is 0 Å². The average Bonchev–Trinajstić information content (AvgIpc) is 2.93. The summed E-state index contributed by atoms with van der Waals surface area (Å²) in [5.74, 6) is -0.472. The zero-order valence-electron chi connectivity index (χ0n) is 15.1. The second kappa shape index (κ2) is 6.87. The van der Waals surface area contributed by atoms with Crippen LogP contribution in [0.5, 0.6) is 0 Å². The van der Waals surface area contributed by atoms with Crippen LogP contribution in [0.25, 0.3) is 16.7 Å². The molecular formula is C21H20BNO4. The van der Waals surface area contributed by atoms with Gasteiger partial charge < -0.3 is 14.6 Å². The molecule has 4 rings (SSSR count). The fourth-order valence-electron chi connectivity index (χ4n) is 3.83. The van der Waals surface area contributed by atoms with Gasteiger partial charge >= 0.3 is 14.0 Å². The highest BCUT2D eigenvalue weighted by atomic mass is 16.6. The van der Waals surface area contributed by atoms with E-state index in [1.807, 2.05) is 55.5 Å². The van der Waals surface area contributed by atoms with Crippen molar-refractivity contribution < 1.29 is 19.4 Å². The van der Waals surface area contributed by atoms with Crippen molar-refractivity contribution in [1.29, 1.82) is 0 Å². The molecule has 0 atom stereocenters. The normalized spacial score (nSPS) is 19.5. The quantitative estimate of drug-likeness (QED) is 0.671. The molecule has 0 aliphatic carbocycles. The van der Waals surface area contributed by atoms with Gasteiger partial charge in [0.05, 0.1) is 0 Å². The Morgan fingerprint density at radius 3 is 2.48 bits per heavy atom. The molecule has 2 aromatic carbocycles. The molecular weight excluding hydrogens is 341 g/mol. The second-order valence-electron chi connectivity index (χ2n) is 7.04. The minimum atomic E-state index is -0.989. The lowest BCUT2D eigenvalue weighted by atomic mass is 9.87. The fraction of sp³-hybridized carbons (Fsp3) is 0.286. The molecule has 1 fully saturated rings. The number of esters is 1. The Labute approximate surface area is 159 Å². The summed E-state index contributed by atoms with van der Waals surface area (Å²) in [4.78, 5) is 12.7. The van der Waals surface area contributed by atoms with Crippen LogP contribution in [-0.2, 0) is 14.3 Å². The molecule has 2 heterocycles. The Morgan fingerprint density at radius 2 is 1.81 bits per heavy atom. The molecule has 136 valence electrons. The van der Waals surface area contributed by atoms with Crippen LogP contribution in [0.4, 0.5) is 0 Å². The van der Waals surface area contributed by atoms with Crippen molar-refractivity contribution in [3.05, 3.63) is 65.4 Å². The second-order valence-corrected chi connectivity index (χ2v) is 7.04. The lowest BCUT2D eigenvalue weighted by Gasteiger charge is -2.37. The van der Waals surface area contributed by atoms with Gasteiger partial charge in [-0.3, -0.25) is 0 Å². The maximum absolute atomic E-state index is 12.7. The smallest absolute Gasteiger partial charge is 0.343 e. The van der Waals surface area contributed by atoms with E-state index < -0.39 is 11.6 Å². The molecule has 2 aliphatic heterocycles. The van der Waals surface area contributed by atoms with E-state index in [1.54, 1.807) is 5.06 Å². The number of hydrogen-bond acceptors (Lipinski definition) is 5. The van der Waals surface area contributed by atoms with Gasteiger partial charge in [-0.05, 0) is 35.2 Å². The van der Waals surface area contributed by atoms with Crippen LogP contribution in [0, 0.1) is 6.92 Å². The molecule has 6 heteroatoms. The van der Waals surface area contributed by atoms with E-state index in [1.165, 1.54) is 0 Å². The molecule has 2 aliphatic rings. The van der Waals surface area contributed by atoms with E-state index in [0.29, 0.717) is 31.5 Å². The maximum atomic E-state index is 12.7. The van der Waals surface area contributed by atoms with Gasteiger partial charge in [0.25, 0.3) is 0 Å². The van der Waals surface area contributed by atoms with Gasteiger partial charge in [0, 0.05) is 25.9 Å². The molecule has 0 unspecified atom stereocenters. The van der Waals surface area contributed by atoms with E-state index in [-0.39, 0.29) is 11.3 Å². The number of nitrogens with zero attached hydrogens (tertiary/aromatic N) is 1. The van der Waals surface area contributed by atoms with E-state index in [0.717, 1.165) is 16.7 Å². The van der Waals surface area contributed by atoms with Crippen molar-refractivity contribution in [1.82, 2.24) is 5.06 Å². The van der Waals surface area contributed by atoms with E-state index >= 15 is 0 Å².